The van der Waals surface area contributed by atoms with E-state index in [1.807, 2.05) is 0 Å². The molecule has 0 aromatic carbocycles. The maximum atomic E-state index is 11.2. The van der Waals surface area contributed by atoms with Gasteiger partial charge in [-0.25, -0.2) is 8.42 Å². The Hall–Kier alpha value is -0.310. The fraction of sp³-hybridized carbons (Fsp3) is 0.800. The van der Waals surface area contributed by atoms with Gasteiger partial charge in [0.15, 0.2) is 9.84 Å². The summed E-state index contributed by atoms with van der Waals surface area (Å²) in [5.74, 6) is 0.570. The summed E-state index contributed by atoms with van der Waals surface area (Å²) >= 11 is 0. The summed E-state index contributed by atoms with van der Waals surface area (Å²) in [5, 5.41) is -0.130. The molecule has 0 saturated heterocycles. The van der Waals surface area contributed by atoms with Gasteiger partial charge in [0.25, 0.3) is 0 Å². The maximum absolute atomic E-state index is 11.2. The summed E-state index contributed by atoms with van der Waals surface area (Å²) in [6.07, 6.45) is 5.93. The Morgan fingerprint density at radius 1 is 1.46 bits per heavy atom. The Morgan fingerprint density at radius 2 is 2.08 bits per heavy atom. The van der Waals surface area contributed by atoms with E-state index in [1.54, 1.807) is 0 Å². The molecule has 1 unspecified atom stereocenters. The van der Waals surface area contributed by atoms with Crippen LogP contribution in [0.4, 0.5) is 0 Å². The summed E-state index contributed by atoms with van der Waals surface area (Å²) in [7, 11) is -2.82. The molecular weight excluding hydrogens is 184 g/mol. The molecule has 0 fully saturated rings. The van der Waals surface area contributed by atoms with Crippen LogP contribution in [0.3, 0.4) is 0 Å². The highest BCUT2D eigenvalue weighted by Gasteiger charge is 2.23. The molecule has 0 heterocycles. The van der Waals surface area contributed by atoms with Gasteiger partial charge in [0.05, 0.1) is 5.25 Å². The minimum Gasteiger partial charge on any atom is -0.229 e. The number of hydrogen-bond acceptors (Lipinski definition) is 2. The van der Waals surface area contributed by atoms with Gasteiger partial charge >= 0.3 is 0 Å². The zero-order chi connectivity index (χ0) is 10.1. The van der Waals surface area contributed by atoms with Crippen LogP contribution in [0.15, 0.2) is 11.6 Å². The molecule has 1 aliphatic carbocycles. The van der Waals surface area contributed by atoms with E-state index in [0.29, 0.717) is 12.3 Å². The third-order valence-electron chi connectivity index (χ3n) is 2.75. The predicted molar refractivity (Wildman–Crippen MR) is 55.4 cm³/mol. The van der Waals surface area contributed by atoms with E-state index < -0.39 is 9.84 Å². The highest BCUT2D eigenvalue weighted by atomic mass is 32.2. The first-order valence-corrected chi connectivity index (χ1v) is 6.74. The van der Waals surface area contributed by atoms with Crippen molar-refractivity contribution >= 4 is 9.84 Å². The number of allylic oxidation sites excluding steroid dienone is 2. The molecule has 0 amide bonds. The summed E-state index contributed by atoms with van der Waals surface area (Å²) in [6, 6.07) is 0. The van der Waals surface area contributed by atoms with Crippen molar-refractivity contribution in [3.8, 4) is 0 Å². The SMILES string of the molecule is CC(C)C1=CCC(S(C)(=O)=O)CC1. The van der Waals surface area contributed by atoms with Crippen LogP contribution in [-0.2, 0) is 9.84 Å². The minimum absolute atomic E-state index is 0.130. The molecule has 0 aromatic heterocycles. The standard InChI is InChI=1S/C10H18O2S/c1-8(2)9-4-6-10(7-5-9)13(3,11)12/h4,8,10H,5-7H2,1-3H3. The van der Waals surface area contributed by atoms with Crippen LogP contribution in [-0.4, -0.2) is 19.9 Å². The molecule has 0 aromatic rings. The molecule has 1 atom stereocenters. The summed E-state index contributed by atoms with van der Waals surface area (Å²) in [6.45, 7) is 4.32. The van der Waals surface area contributed by atoms with Crippen LogP contribution in [0.1, 0.15) is 33.1 Å². The van der Waals surface area contributed by atoms with Gasteiger partial charge in [-0.3, -0.25) is 0 Å². The zero-order valence-electron chi connectivity index (χ0n) is 8.58. The van der Waals surface area contributed by atoms with Crippen molar-refractivity contribution in [2.45, 2.75) is 38.4 Å². The zero-order valence-corrected chi connectivity index (χ0v) is 9.39. The van der Waals surface area contributed by atoms with E-state index in [1.165, 1.54) is 11.8 Å². The first-order valence-electron chi connectivity index (χ1n) is 4.79. The summed E-state index contributed by atoms with van der Waals surface area (Å²) < 4.78 is 22.5. The predicted octanol–water partition coefficient (Wildman–Crippen LogP) is 2.17. The first kappa shape index (κ1) is 10.8. The van der Waals surface area contributed by atoms with Gasteiger partial charge in [0.1, 0.15) is 0 Å². The second kappa shape index (κ2) is 3.82. The Balaban J connectivity index is 2.67. The van der Waals surface area contributed by atoms with Crippen molar-refractivity contribution in [1.82, 2.24) is 0 Å². The highest BCUT2D eigenvalue weighted by molar-refractivity contribution is 7.91. The smallest absolute Gasteiger partial charge is 0.150 e. The van der Waals surface area contributed by atoms with Crippen LogP contribution < -0.4 is 0 Å². The largest absolute Gasteiger partial charge is 0.229 e. The fourth-order valence-electron chi connectivity index (χ4n) is 1.74. The third-order valence-corrected chi connectivity index (χ3v) is 4.38. The topological polar surface area (TPSA) is 34.1 Å². The molecule has 76 valence electrons. The lowest BCUT2D eigenvalue weighted by molar-refractivity contribution is 0.559. The van der Waals surface area contributed by atoms with Crippen molar-refractivity contribution in [2.24, 2.45) is 5.92 Å². The van der Waals surface area contributed by atoms with E-state index in [9.17, 15) is 8.42 Å². The lowest BCUT2D eigenvalue weighted by atomic mass is 9.91. The number of sulfone groups is 1. The van der Waals surface area contributed by atoms with Crippen molar-refractivity contribution in [1.29, 1.82) is 0 Å². The second-order valence-electron chi connectivity index (χ2n) is 4.16. The molecule has 3 heteroatoms. The normalized spacial score (nSPS) is 24.6. The molecular formula is C10H18O2S. The Bertz CT molecular complexity index is 299. The Morgan fingerprint density at radius 3 is 2.38 bits per heavy atom. The highest BCUT2D eigenvalue weighted by Crippen LogP contribution is 2.27. The quantitative estimate of drug-likeness (QED) is 0.643. The van der Waals surface area contributed by atoms with Gasteiger partial charge in [-0.1, -0.05) is 25.5 Å². The summed E-state index contributed by atoms with van der Waals surface area (Å²) in [4.78, 5) is 0. The van der Waals surface area contributed by atoms with Crippen molar-refractivity contribution < 1.29 is 8.42 Å². The Labute approximate surface area is 81.0 Å². The lowest BCUT2D eigenvalue weighted by Gasteiger charge is -2.22. The van der Waals surface area contributed by atoms with Crippen molar-refractivity contribution in [2.75, 3.05) is 6.26 Å². The van der Waals surface area contributed by atoms with Crippen LogP contribution in [0, 0.1) is 5.92 Å². The molecule has 0 saturated carbocycles. The van der Waals surface area contributed by atoms with Crippen molar-refractivity contribution in [3.05, 3.63) is 11.6 Å². The minimum atomic E-state index is -2.82. The number of hydrogen-bond donors (Lipinski definition) is 0. The van der Waals surface area contributed by atoms with E-state index in [0.717, 1.165) is 12.8 Å². The molecule has 0 spiro atoms. The van der Waals surface area contributed by atoms with Gasteiger partial charge in [-0.15, -0.1) is 0 Å². The Kier molecular flexibility index (Phi) is 3.17. The molecule has 0 aliphatic heterocycles. The summed E-state index contributed by atoms with van der Waals surface area (Å²) in [5.41, 5.74) is 1.42. The van der Waals surface area contributed by atoms with Crippen molar-refractivity contribution in [3.63, 3.8) is 0 Å². The average Bonchev–Trinajstić information content (AvgIpc) is 2.03. The third kappa shape index (κ3) is 2.83. The molecule has 0 N–H and O–H groups in total. The molecule has 1 aliphatic rings. The molecule has 0 bridgehead atoms. The average molecular weight is 202 g/mol. The van der Waals surface area contributed by atoms with Crippen LogP contribution >= 0.6 is 0 Å². The molecule has 13 heavy (non-hydrogen) atoms. The van der Waals surface area contributed by atoms with Gasteiger partial charge in [-0.2, -0.15) is 0 Å². The van der Waals surface area contributed by atoms with Gasteiger partial charge in [0, 0.05) is 6.26 Å². The lowest BCUT2D eigenvalue weighted by Crippen LogP contribution is -2.22. The maximum Gasteiger partial charge on any atom is 0.150 e. The second-order valence-corrected chi connectivity index (χ2v) is 6.49. The molecule has 1 rings (SSSR count). The van der Waals surface area contributed by atoms with E-state index in [4.69, 9.17) is 0 Å². The number of rotatable bonds is 2. The van der Waals surface area contributed by atoms with Gasteiger partial charge in [-0.05, 0) is 25.2 Å². The van der Waals surface area contributed by atoms with E-state index in [2.05, 4.69) is 19.9 Å². The first-order chi connectivity index (χ1) is 5.91. The van der Waals surface area contributed by atoms with Gasteiger partial charge < -0.3 is 0 Å². The van der Waals surface area contributed by atoms with E-state index >= 15 is 0 Å². The molecule has 2 nitrogen and oxygen atoms in total. The van der Waals surface area contributed by atoms with Crippen LogP contribution in [0.5, 0.6) is 0 Å². The fourth-order valence-corrected chi connectivity index (χ4v) is 2.74. The molecule has 0 radical (unpaired) electrons. The monoisotopic (exact) mass is 202 g/mol. The van der Waals surface area contributed by atoms with Gasteiger partial charge in [0.2, 0.25) is 0 Å². The van der Waals surface area contributed by atoms with Crippen LogP contribution in [0.25, 0.3) is 0 Å². The van der Waals surface area contributed by atoms with Crippen LogP contribution in [0.2, 0.25) is 0 Å². The van der Waals surface area contributed by atoms with E-state index in [-0.39, 0.29) is 5.25 Å².